The van der Waals surface area contributed by atoms with Gasteiger partial charge in [0.05, 0.1) is 19.1 Å². The third-order valence-electron chi connectivity index (χ3n) is 1.30. The summed E-state index contributed by atoms with van der Waals surface area (Å²) in [6, 6.07) is 0. The van der Waals surface area contributed by atoms with Gasteiger partial charge in [0.15, 0.2) is 0 Å². The highest BCUT2D eigenvalue weighted by Crippen LogP contribution is 2.13. The zero-order valence-corrected chi connectivity index (χ0v) is 5.76. The molecule has 3 heteroatoms. The molecule has 1 aliphatic rings. The average molecular weight is 129 g/mol. The van der Waals surface area contributed by atoms with Crippen LogP contribution in [0.25, 0.3) is 0 Å². The van der Waals surface area contributed by atoms with Gasteiger partial charge in [0.25, 0.3) is 0 Å². The van der Waals surface area contributed by atoms with Crippen LogP contribution in [-0.4, -0.2) is 37.6 Å². The van der Waals surface area contributed by atoms with Crippen LogP contribution in [0.15, 0.2) is 0 Å². The number of hydrogen-bond acceptors (Lipinski definition) is 2. The Balaban J connectivity index is 2.17. The lowest BCUT2D eigenvalue weighted by molar-refractivity contribution is -0.128. The first kappa shape index (κ1) is 6.55. The Labute approximate surface area is 54.6 Å². The Kier molecular flexibility index (Phi) is 1.71. The first-order valence-electron chi connectivity index (χ1n) is 3.02. The van der Waals surface area contributed by atoms with Crippen molar-refractivity contribution in [3.63, 3.8) is 0 Å². The summed E-state index contributed by atoms with van der Waals surface area (Å²) in [5.41, 5.74) is 0. The van der Waals surface area contributed by atoms with Crippen molar-refractivity contribution in [3.8, 4) is 0 Å². The largest absolute Gasteiger partial charge is 0.373 e. The van der Waals surface area contributed by atoms with E-state index >= 15 is 0 Å². The molecule has 0 bridgehead atoms. The number of amides is 1. The second kappa shape index (κ2) is 2.35. The van der Waals surface area contributed by atoms with Crippen LogP contribution in [0.4, 0.5) is 0 Å². The van der Waals surface area contributed by atoms with Gasteiger partial charge in [-0.3, -0.25) is 4.79 Å². The summed E-state index contributed by atoms with van der Waals surface area (Å²) in [5, 5.41) is 0. The van der Waals surface area contributed by atoms with E-state index in [1.54, 1.807) is 19.0 Å². The highest BCUT2D eigenvalue weighted by Gasteiger charge is 2.25. The molecule has 0 N–H and O–H groups in total. The molecule has 1 fully saturated rings. The Morgan fingerprint density at radius 2 is 2.33 bits per heavy atom. The van der Waals surface area contributed by atoms with Crippen LogP contribution in [-0.2, 0) is 9.53 Å². The summed E-state index contributed by atoms with van der Waals surface area (Å²) in [5.74, 6) is 0.150. The van der Waals surface area contributed by atoms with Gasteiger partial charge in [-0.2, -0.15) is 0 Å². The van der Waals surface area contributed by atoms with Crippen LogP contribution in [0.1, 0.15) is 6.42 Å². The van der Waals surface area contributed by atoms with E-state index in [1.165, 1.54) is 0 Å². The third kappa shape index (κ3) is 2.01. The molecule has 1 atom stereocenters. The molecule has 0 aromatic rings. The van der Waals surface area contributed by atoms with E-state index in [1.807, 2.05) is 0 Å². The molecular weight excluding hydrogens is 118 g/mol. The lowest BCUT2D eigenvalue weighted by Crippen LogP contribution is -2.22. The smallest absolute Gasteiger partial charge is 0.224 e. The number of carbonyl (C=O) groups is 1. The summed E-state index contributed by atoms with van der Waals surface area (Å²) in [6.07, 6.45) is 0.771. The van der Waals surface area contributed by atoms with E-state index in [-0.39, 0.29) is 12.0 Å². The molecule has 1 heterocycles. The van der Waals surface area contributed by atoms with Gasteiger partial charge in [-0.25, -0.2) is 0 Å². The van der Waals surface area contributed by atoms with Crippen molar-refractivity contribution in [1.82, 2.24) is 4.90 Å². The lowest BCUT2D eigenvalue weighted by Gasteiger charge is -2.07. The quantitative estimate of drug-likeness (QED) is 0.486. The van der Waals surface area contributed by atoms with Crippen molar-refractivity contribution in [2.45, 2.75) is 12.5 Å². The predicted octanol–water partition coefficient (Wildman–Crippen LogP) is -0.137. The maximum atomic E-state index is 10.8. The Bertz CT molecular complexity index is 118. The second-order valence-corrected chi connectivity index (χ2v) is 2.45. The molecule has 1 unspecified atom stereocenters. The molecule has 9 heavy (non-hydrogen) atoms. The van der Waals surface area contributed by atoms with Gasteiger partial charge in [0, 0.05) is 14.1 Å². The molecule has 1 rings (SSSR count). The Morgan fingerprint density at radius 3 is 2.67 bits per heavy atom. The van der Waals surface area contributed by atoms with Gasteiger partial charge in [-0.1, -0.05) is 0 Å². The maximum absolute atomic E-state index is 10.8. The first-order valence-corrected chi connectivity index (χ1v) is 3.02. The number of ether oxygens (including phenoxy) is 1. The number of hydrogen-bond donors (Lipinski definition) is 0. The van der Waals surface area contributed by atoms with E-state index < -0.39 is 0 Å². The normalized spacial score (nSPS) is 23.6. The summed E-state index contributed by atoms with van der Waals surface area (Å²) in [4.78, 5) is 12.4. The zero-order chi connectivity index (χ0) is 6.85. The van der Waals surface area contributed by atoms with Crippen LogP contribution in [0.3, 0.4) is 0 Å². The molecule has 1 aliphatic heterocycles. The number of rotatable bonds is 2. The number of epoxide rings is 1. The minimum Gasteiger partial charge on any atom is -0.373 e. The minimum atomic E-state index is 0.150. The Morgan fingerprint density at radius 1 is 1.78 bits per heavy atom. The SMILES string of the molecule is CN(C)C(=O)CC1CO1. The van der Waals surface area contributed by atoms with E-state index in [0.29, 0.717) is 6.42 Å². The number of nitrogens with zero attached hydrogens (tertiary/aromatic N) is 1. The molecule has 0 spiro atoms. The summed E-state index contributed by atoms with van der Waals surface area (Å²) >= 11 is 0. The standard InChI is InChI=1S/C6H11NO2/c1-7(2)6(8)3-5-4-9-5/h5H,3-4H2,1-2H3. The molecule has 3 nitrogen and oxygen atoms in total. The van der Waals surface area contributed by atoms with Crippen molar-refractivity contribution in [3.05, 3.63) is 0 Å². The van der Waals surface area contributed by atoms with Crippen molar-refractivity contribution in [2.75, 3.05) is 20.7 Å². The van der Waals surface area contributed by atoms with Crippen LogP contribution < -0.4 is 0 Å². The van der Waals surface area contributed by atoms with Crippen molar-refractivity contribution in [1.29, 1.82) is 0 Å². The average Bonchev–Trinajstić information content (AvgIpc) is 2.50. The van der Waals surface area contributed by atoms with E-state index in [4.69, 9.17) is 4.74 Å². The summed E-state index contributed by atoms with van der Waals surface area (Å²) in [7, 11) is 3.51. The highest BCUT2D eigenvalue weighted by molar-refractivity contribution is 5.76. The molecule has 0 aliphatic carbocycles. The van der Waals surface area contributed by atoms with Crippen LogP contribution >= 0.6 is 0 Å². The molecule has 1 saturated heterocycles. The predicted molar refractivity (Wildman–Crippen MR) is 33.1 cm³/mol. The van der Waals surface area contributed by atoms with Crippen LogP contribution in [0, 0.1) is 0 Å². The molecule has 1 amide bonds. The van der Waals surface area contributed by atoms with Crippen molar-refractivity contribution in [2.24, 2.45) is 0 Å². The van der Waals surface area contributed by atoms with Gasteiger partial charge in [0.1, 0.15) is 0 Å². The second-order valence-electron chi connectivity index (χ2n) is 2.45. The van der Waals surface area contributed by atoms with Gasteiger partial charge in [-0.15, -0.1) is 0 Å². The molecule has 0 saturated carbocycles. The zero-order valence-electron chi connectivity index (χ0n) is 5.76. The Hall–Kier alpha value is -0.570. The molecule has 0 aromatic carbocycles. The lowest BCUT2D eigenvalue weighted by atomic mass is 10.3. The summed E-state index contributed by atoms with van der Waals surface area (Å²) in [6.45, 7) is 0.763. The van der Waals surface area contributed by atoms with Gasteiger partial charge in [0.2, 0.25) is 5.91 Å². The maximum Gasteiger partial charge on any atom is 0.224 e. The third-order valence-corrected chi connectivity index (χ3v) is 1.30. The molecule has 52 valence electrons. The van der Waals surface area contributed by atoms with Crippen molar-refractivity contribution >= 4 is 5.91 Å². The van der Waals surface area contributed by atoms with Gasteiger partial charge in [-0.05, 0) is 0 Å². The molecular formula is C6H11NO2. The number of carbonyl (C=O) groups excluding carboxylic acids is 1. The van der Waals surface area contributed by atoms with Crippen molar-refractivity contribution < 1.29 is 9.53 Å². The molecule has 0 radical (unpaired) electrons. The van der Waals surface area contributed by atoms with E-state index in [9.17, 15) is 4.79 Å². The minimum absolute atomic E-state index is 0.150. The monoisotopic (exact) mass is 129 g/mol. The van der Waals surface area contributed by atoms with Crippen LogP contribution in [0.2, 0.25) is 0 Å². The van der Waals surface area contributed by atoms with E-state index in [2.05, 4.69) is 0 Å². The van der Waals surface area contributed by atoms with Gasteiger partial charge < -0.3 is 9.64 Å². The fourth-order valence-electron chi connectivity index (χ4n) is 0.563. The fraction of sp³-hybridized carbons (Fsp3) is 0.833. The fourth-order valence-corrected chi connectivity index (χ4v) is 0.563. The summed E-state index contributed by atoms with van der Waals surface area (Å²) < 4.78 is 4.88. The molecule has 0 aromatic heterocycles. The topological polar surface area (TPSA) is 32.8 Å². The first-order chi connectivity index (χ1) is 4.20. The highest BCUT2D eigenvalue weighted by atomic mass is 16.6. The van der Waals surface area contributed by atoms with Gasteiger partial charge >= 0.3 is 0 Å². The van der Waals surface area contributed by atoms with E-state index in [0.717, 1.165) is 6.61 Å². The van der Waals surface area contributed by atoms with Crippen LogP contribution in [0.5, 0.6) is 0 Å².